The summed E-state index contributed by atoms with van der Waals surface area (Å²) in [5.74, 6) is -0.256. The summed E-state index contributed by atoms with van der Waals surface area (Å²) < 4.78 is 12.7. The molecular weight excluding hydrogens is 241 g/mol. The Morgan fingerprint density at radius 2 is 1.68 bits per heavy atom. The first-order valence-corrected chi connectivity index (χ1v) is 6.11. The standard InChI is InChI=1S/C16H16FNO/c1-12-7-13(2)9-15(8-12)11-19-18-10-14-3-5-16(17)6-4-14/h3-10H,11H2,1-2H3. The molecule has 0 fully saturated rings. The normalized spacial score (nSPS) is 10.9. The van der Waals surface area contributed by atoms with Crippen LogP contribution in [0.3, 0.4) is 0 Å². The average Bonchev–Trinajstić information content (AvgIpc) is 2.36. The van der Waals surface area contributed by atoms with Gasteiger partial charge in [-0.1, -0.05) is 46.6 Å². The summed E-state index contributed by atoms with van der Waals surface area (Å²) in [5.41, 5.74) is 4.32. The van der Waals surface area contributed by atoms with Crippen molar-refractivity contribution in [1.82, 2.24) is 0 Å². The molecule has 2 nitrogen and oxygen atoms in total. The summed E-state index contributed by atoms with van der Waals surface area (Å²) in [7, 11) is 0. The van der Waals surface area contributed by atoms with Gasteiger partial charge in [-0.2, -0.15) is 0 Å². The van der Waals surface area contributed by atoms with E-state index in [0.29, 0.717) is 6.61 Å². The van der Waals surface area contributed by atoms with Gasteiger partial charge in [0.15, 0.2) is 0 Å². The first kappa shape index (κ1) is 13.3. The van der Waals surface area contributed by atoms with Crippen molar-refractivity contribution in [3.05, 3.63) is 70.5 Å². The topological polar surface area (TPSA) is 21.6 Å². The van der Waals surface area contributed by atoms with Crippen LogP contribution in [-0.4, -0.2) is 6.21 Å². The van der Waals surface area contributed by atoms with E-state index >= 15 is 0 Å². The molecule has 3 heteroatoms. The monoisotopic (exact) mass is 257 g/mol. The lowest BCUT2D eigenvalue weighted by Crippen LogP contribution is -1.90. The highest BCUT2D eigenvalue weighted by Gasteiger charge is 1.96. The molecule has 2 rings (SSSR count). The van der Waals surface area contributed by atoms with Gasteiger partial charge in [0.05, 0.1) is 6.21 Å². The Hall–Kier alpha value is -2.16. The third-order valence-corrected chi connectivity index (χ3v) is 2.66. The van der Waals surface area contributed by atoms with E-state index in [1.807, 2.05) is 0 Å². The molecule has 0 radical (unpaired) electrons. The summed E-state index contributed by atoms with van der Waals surface area (Å²) >= 11 is 0. The van der Waals surface area contributed by atoms with Crippen molar-refractivity contribution in [3.63, 3.8) is 0 Å². The highest BCUT2D eigenvalue weighted by Crippen LogP contribution is 2.10. The van der Waals surface area contributed by atoms with Crippen LogP contribution in [0.25, 0.3) is 0 Å². The molecule has 0 aliphatic heterocycles. The molecule has 0 saturated heterocycles. The molecule has 0 unspecified atom stereocenters. The molecule has 19 heavy (non-hydrogen) atoms. The van der Waals surface area contributed by atoms with E-state index in [9.17, 15) is 4.39 Å². The van der Waals surface area contributed by atoms with Crippen molar-refractivity contribution in [2.24, 2.45) is 5.16 Å². The fraction of sp³-hybridized carbons (Fsp3) is 0.188. The Labute approximate surface area is 112 Å². The van der Waals surface area contributed by atoms with Crippen LogP contribution in [0.15, 0.2) is 47.6 Å². The van der Waals surface area contributed by atoms with Crippen molar-refractivity contribution >= 4 is 6.21 Å². The lowest BCUT2D eigenvalue weighted by atomic mass is 10.1. The van der Waals surface area contributed by atoms with Gasteiger partial charge in [-0.3, -0.25) is 0 Å². The van der Waals surface area contributed by atoms with Gasteiger partial charge < -0.3 is 4.84 Å². The van der Waals surface area contributed by atoms with Crippen LogP contribution in [-0.2, 0) is 11.4 Å². The highest BCUT2D eigenvalue weighted by atomic mass is 19.1. The maximum atomic E-state index is 12.7. The molecule has 98 valence electrons. The first-order valence-electron chi connectivity index (χ1n) is 6.11. The number of nitrogens with zero attached hydrogens (tertiary/aromatic N) is 1. The number of rotatable bonds is 4. The molecule has 0 spiro atoms. The van der Waals surface area contributed by atoms with Crippen LogP contribution in [0.4, 0.5) is 4.39 Å². The number of benzene rings is 2. The van der Waals surface area contributed by atoms with E-state index in [1.165, 1.54) is 23.3 Å². The van der Waals surface area contributed by atoms with Crippen LogP contribution < -0.4 is 0 Å². The fourth-order valence-electron chi connectivity index (χ4n) is 1.91. The van der Waals surface area contributed by atoms with Gasteiger partial charge in [0, 0.05) is 0 Å². The Morgan fingerprint density at radius 3 is 2.32 bits per heavy atom. The first-order chi connectivity index (χ1) is 9.13. The molecule has 0 amide bonds. The fourth-order valence-corrected chi connectivity index (χ4v) is 1.91. The van der Waals surface area contributed by atoms with Crippen molar-refractivity contribution in [2.75, 3.05) is 0 Å². The van der Waals surface area contributed by atoms with Crippen molar-refractivity contribution in [2.45, 2.75) is 20.5 Å². The Balaban J connectivity index is 1.91. The van der Waals surface area contributed by atoms with Gasteiger partial charge >= 0.3 is 0 Å². The average molecular weight is 257 g/mol. The zero-order chi connectivity index (χ0) is 13.7. The molecule has 0 atom stereocenters. The Bertz CT molecular complexity index is 556. The number of aryl methyl sites for hydroxylation is 2. The summed E-state index contributed by atoms with van der Waals surface area (Å²) in [6.07, 6.45) is 1.57. The van der Waals surface area contributed by atoms with Crippen LogP contribution in [0.2, 0.25) is 0 Å². The Morgan fingerprint density at radius 1 is 1.05 bits per heavy atom. The van der Waals surface area contributed by atoms with E-state index < -0.39 is 0 Å². The number of halogens is 1. The molecule has 0 heterocycles. The lowest BCUT2D eigenvalue weighted by molar-refractivity contribution is 0.132. The third-order valence-electron chi connectivity index (χ3n) is 2.66. The molecule has 0 aliphatic carbocycles. The highest BCUT2D eigenvalue weighted by molar-refractivity contribution is 5.78. The molecule has 2 aromatic carbocycles. The third kappa shape index (κ3) is 4.21. The minimum Gasteiger partial charge on any atom is -0.391 e. The number of oxime groups is 1. The van der Waals surface area contributed by atoms with Crippen molar-refractivity contribution < 1.29 is 9.23 Å². The Kier molecular flexibility index (Phi) is 4.29. The second-order valence-electron chi connectivity index (χ2n) is 4.56. The quantitative estimate of drug-likeness (QED) is 0.599. The van der Waals surface area contributed by atoms with Crippen LogP contribution in [0.5, 0.6) is 0 Å². The van der Waals surface area contributed by atoms with Gasteiger partial charge in [-0.25, -0.2) is 4.39 Å². The van der Waals surface area contributed by atoms with Gasteiger partial charge in [0.25, 0.3) is 0 Å². The zero-order valence-corrected chi connectivity index (χ0v) is 11.1. The van der Waals surface area contributed by atoms with Crippen LogP contribution >= 0.6 is 0 Å². The predicted octanol–water partition coefficient (Wildman–Crippen LogP) is 3.99. The molecule has 0 saturated carbocycles. The van der Waals surface area contributed by atoms with Gasteiger partial charge in [0.1, 0.15) is 12.4 Å². The molecule has 0 aliphatic rings. The number of hydrogen-bond acceptors (Lipinski definition) is 2. The minimum absolute atomic E-state index is 0.256. The van der Waals surface area contributed by atoms with Crippen molar-refractivity contribution in [3.8, 4) is 0 Å². The molecule has 0 N–H and O–H groups in total. The molecular formula is C16H16FNO. The molecule has 0 bridgehead atoms. The maximum Gasteiger partial charge on any atom is 0.142 e. The molecule has 2 aromatic rings. The minimum atomic E-state index is -0.256. The van der Waals surface area contributed by atoms with Gasteiger partial charge in [0.2, 0.25) is 0 Å². The SMILES string of the molecule is Cc1cc(C)cc(CON=Cc2ccc(F)cc2)c1. The summed E-state index contributed by atoms with van der Waals surface area (Å²) in [6.45, 7) is 4.54. The van der Waals surface area contributed by atoms with Crippen LogP contribution in [0.1, 0.15) is 22.3 Å². The largest absolute Gasteiger partial charge is 0.391 e. The summed E-state index contributed by atoms with van der Waals surface area (Å²) in [4.78, 5) is 5.24. The smallest absolute Gasteiger partial charge is 0.142 e. The van der Waals surface area contributed by atoms with Crippen molar-refractivity contribution in [1.29, 1.82) is 0 Å². The van der Waals surface area contributed by atoms with E-state index in [4.69, 9.17) is 4.84 Å². The summed E-state index contributed by atoms with van der Waals surface area (Å²) in [6, 6.07) is 12.3. The van der Waals surface area contributed by atoms with E-state index in [2.05, 4.69) is 37.2 Å². The second kappa shape index (κ2) is 6.14. The zero-order valence-electron chi connectivity index (χ0n) is 11.1. The van der Waals surface area contributed by atoms with E-state index in [1.54, 1.807) is 18.3 Å². The van der Waals surface area contributed by atoms with Crippen LogP contribution in [0, 0.1) is 19.7 Å². The van der Waals surface area contributed by atoms with Gasteiger partial charge in [-0.05, 0) is 37.1 Å². The molecule has 0 aromatic heterocycles. The number of hydrogen-bond donors (Lipinski definition) is 0. The summed E-state index contributed by atoms with van der Waals surface area (Å²) in [5, 5.41) is 3.88. The predicted molar refractivity (Wildman–Crippen MR) is 74.7 cm³/mol. The van der Waals surface area contributed by atoms with Gasteiger partial charge in [-0.15, -0.1) is 0 Å². The van der Waals surface area contributed by atoms with E-state index in [-0.39, 0.29) is 5.82 Å². The maximum absolute atomic E-state index is 12.7. The van der Waals surface area contributed by atoms with E-state index in [0.717, 1.165) is 11.1 Å². The lowest BCUT2D eigenvalue weighted by Gasteiger charge is -2.03. The second-order valence-corrected chi connectivity index (χ2v) is 4.56.